The summed E-state index contributed by atoms with van der Waals surface area (Å²) in [5.74, 6) is 0.428. The molecule has 1 saturated heterocycles. The van der Waals surface area contributed by atoms with Crippen molar-refractivity contribution in [3.05, 3.63) is 58.6 Å². The Labute approximate surface area is 214 Å². The van der Waals surface area contributed by atoms with E-state index in [2.05, 4.69) is 20.6 Å². The third-order valence-electron chi connectivity index (χ3n) is 6.90. The molecule has 4 atom stereocenters. The van der Waals surface area contributed by atoms with Crippen molar-refractivity contribution in [2.75, 3.05) is 6.54 Å². The fourth-order valence-corrected chi connectivity index (χ4v) is 5.79. The Bertz CT molecular complexity index is 1280. The topological polar surface area (TPSA) is 113 Å². The number of aryl methyl sites for hydroxylation is 2. The number of hydrogen-bond donors (Lipinski definition) is 2. The van der Waals surface area contributed by atoms with Crippen molar-refractivity contribution in [3.8, 4) is 10.4 Å². The number of nitrogens with zero attached hydrogens (tertiary/aromatic N) is 4. The summed E-state index contributed by atoms with van der Waals surface area (Å²) in [6, 6.07) is 9.48. The van der Waals surface area contributed by atoms with Crippen LogP contribution >= 0.6 is 11.3 Å². The molecule has 1 unspecified atom stereocenters. The lowest BCUT2D eigenvalue weighted by Crippen LogP contribution is -2.50. The van der Waals surface area contributed by atoms with Gasteiger partial charge in [0.05, 0.1) is 33.9 Å². The molecule has 4 heterocycles. The SMILES string of the molecule is Cc1cc(C(C(=O)N2C[C@H](O)C[C@H]2C2=NO[C@](C)(c3ccc(-c4scnc4C)cc3)N2)C(C)C)on1. The van der Waals surface area contributed by atoms with E-state index in [0.717, 1.165) is 27.4 Å². The number of oxime groups is 1. The van der Waals surface area contributed by atoms with Crippen molar-refractivity contribution in [1.29, 1.82) is 0 Å². The summed E-state index contributed by atoms with van der Waals surface area (Å²) in [4.78, 5) is 26.8. The monoisotopic (exact) mass is 509 g/mol. The van der Waals surface area contributed by atoms with Crippen LogP contribution in [0.4, 0.5) is 0 Å². The third-order valence-corrected chi connectivity index (χ3v) is 7.88. The zero-order valence-electron chi connectivity index (χ0n) is 21.1. The Morgan fingerprint density at radius 3 is 2.64 bits per heavy atom. The Balaban J connectivity index is 1.35. The Morgan fingerprint density at radius 1 is 1.28 bits per heavy atom. The number of nitrogens with one attached hydrogen (secondary N) is 1. The van der Waals surface area contributed by atoms with Gasteiger partial charge in [-0.15, -0.1) is 11.3 Å². The third kappa shape index (κ3) is 4.39. The van der Waals surface area contributed by atoms with Crippen LogP contribution < -0.4 is 5.32 Å². The first kappa shape index (κ1) is 24.5. The van der Waals surface area contributed by atoms with Gasteiger partial charge in [-0.2, -0.15) is 0 Å². The minimum Gasteiger partial charge on any atom is -0.391 e. The van der Waals surface area contributed by atoms with Crippen LogP contribution in [-0.2, 0) is 15.4 Å². The molecule has 0 saturated carbocycles. The van der Waals surface area contributed by atoms with Crippen molar-refractivity contribution >= 4 is 23.1 Å². The molecule has 2 aliphatic heterocycles. The molecule has 0 spiro atoms. The summed E-state index contributed by atoms with van der Waals surface area (Å²) in [6.45, 7) is 9.91. The molecule has 9 nitrogen and oxygen atoms in total. The summed E-state index contributed by atoms with van der Waals surface area (Å²) < 4.78 is 5.46. The van der Waals surface area contributed by atoms with Crippen LogP contribution in [0.15, 0.2) is 45.5 Å². The molecule has 1 fully saturated rings. The molecule has 0 radical (unpaired) electrons. The summed E-state index contributed by atoms with van der Waals surface area (Å²) >= 11 is 1.61. The highest BCUT2D eigenvalue weighted by atomic mass is 32.1. The number of carbonyl (C=O) groups excluding carboxylic acids is 1. The number of hydrogen-bond acceptors (Lipinski definition) is 9. The number of aliphatic hydroxyl groups is 1. The van der Waals surface area contributed by atoms with E-state index in [-0.39, 0.29) is 18.4 Å². The fraction of sp³-hybridized carbons (Fsp3) is 0.462. The van der Waals surface area contributed by atoms with E-state index in [1.807, 2.05) is 64.4 Å². The van der Waals surface area contributed by atoms with Gasteiger partial charge >= 0.3 is 0 Å². The van der Waals surface area contributed by atoms with E-state index < -0.39 is 23.8 Å². The predicted octanol–water partition coefficient (Wildman–Crippen LogP) is 3.92. The van der Waals surface area contributed by atoms with E-state index in [9.17, 15) is 9.90 Å². The minimum absolute atomic E-state index is 0.0102. The fourth-order valence-electron chi connectivity index (χ4n) is 4.98. The van der Waals surface area contributed by atoms with Crippen molar-refractivity contribution in [2.45, 2.75) is 64.8 Å². The van der Waals surface area contributed by atoms with Gasteiger partial charge in [0.25, 0.3) is 0 Å². The highest BCUT2D eigenvalue weighted by Crippen LogP contribution is 2.35. The first-order valence-corrected chi connectivity index (χ1v) is 13.0. The molecular weight excluding hydrogens is 478 g/mol. The standard InChI is InChI=1S/C26H31N5O4S/c1-14(2)22(21-10-15(3)29-34-21)25(33)31-12-19(32)11-20(31)24-28-26(5,35-30-24)18-8-6-17(7-9-18)23-16(4)27-13-36-23/h6-10,13-14,19-20,22,32H,11-12H2,1-5H3,(H,28,30)/t19-,20+,22?,26-/m1/s1. The molecule has 36 heavy (non-hydrogen) atoms. The van der Waals surface area contributed by atoms with E-state index in [4.69, 9.17) is 9.36 Å². The molecule has 1 aromatic carbocycles. The van der Waals surface area contributed by atoms with Crippen molar-refractivity contribution in [2.24, 2.45) is 11.1 Å². The molecule has 0 bridgehead atoms. The van der Waals surface area contributed by atoms with Gasteiger partial charge in [-0.05, 0) is 25.3 Å². The zero-order chi connectivity index (χ0) is 25.6. The number of aromatic nitrogens is 2. The van der Waals surface area contributed by atoms with Gasteiger partial charge in [-0.1, -0.05) is 48.4 Å². The van der Waals surface area contributed by atoms with Crippen LogP contribution in [0, 0.1) is 19.8 Å². The molecule has 190 valence electrons. The summed E-state index contributed by atoms with van der Waals surface area (Å²) in [5, 5.41) is 22.2. The zero-order valence-corrected chi connectivity index (χ0v) is 21.9. The van der Waals surface area contributed by atoms with E-state index in [1.165, 1.54) is 0 Å². The van der Waals surface area contributed by atoms with Crippen LogP contribution in [0.25, 0.3) is 10.4 Å². The first-order valence-electron chi connectivity index (χ1n) is 12.1. The van der Waals surface area contributed by atoms with E-state index in [0.29, 0.717) is 18.0 Å². The van der Waals surface area contributed by atoms with Gasteiger partial charge in [0.15, 0.2) is 5.84 Å². The molecule has 2 aliphatic rings. The average Bonchev–Trinajstić information content (AvgIpc) is 3.62. The van der Waals surface area contributed by atoms with Crippen LogP contribution in [0.5, 0.6) is 0 Å². The maximum absolute atomic E-state index is 13.7. The Morgan fingerprint density at radius 2 is 2.03 bits per heavy atom. The molecule has 2 aromatic heterocycles. The number of benzene rings is 1. The van der Waals surface area contributed by atoms with Crippen molar-refractivity contribution in [1.82, 2.24) is 20.4 Å². The van der Waals surface area contributed by atoms with Crippen LogP contribution in [0.2, 0.25) is 0 Å². The molecule has 10 heteroatoms. The normalized spacial score (nSPS) is 24.5. The summed E-state index contributed by atoms with van der Waals surface area (Å²) in [5.41, 5.74) is 4.69. The van der Waals surface area contributed by atoms with Gasteiger partial charge < -0.3 is 24.7 Å². The Kier molecular flexibility index (Phi) is 6.34. The number of amidine groups is 1. The van der Waals surface area contributed by atoms with Gasteiger partial charge in [0, 0.05) is 31.5 Å². The quantitative estimate of drug-likeness (QED) is 0.518. The van der Waals surface area contributed by atoms with E-state index >= 15 is 0 Å². The number of aliphatic hydroxyl groups excluding tert-OH is 1. The van der Waals surface area contributed by atoms with Gasteiger partial charge in [0.2, 0.25) is 11.6 Å². The van der Waals surface area contributed by atoms with Crippen LogP contribution in [-0.4, -0.2) is 50.6 Å². The summed E-state index contributed by atoms with van der Waals surface area (Å²) in [6.07, 6.45) is -0.276. The number of amides is 1. The number of likely N-dealkylation sites (tertiary alicyclic amines) is 1. The number of carbonyl (C=O) groups is 1. The molecule has 0 aliphatic carbocycles. The molecule has 3 aromatic rings. The molecule has 5 rings (SSSR count). The smallest absolute Gasteiger partial charge is 0.234 e. The number of thiazole rings is 1. The van der Waals surface area contributed by atoms with Gasteiger partial charge in [0.1, 0.15) is 11.7 Å². The van der Waals surface area contributed by atoms with Crippen molar-refractivity contribution in [3.63, 3.8) is 0 Å². The average molecular weight is 510 g/mol. The van der Waals surface area contributed by atoms with Crippen LogP contribution in [0.3, 0.4) is 0 Å². The minimum atomic E-state index is -0.891. The maximum atomic E-state index is 13.7. The highest BCUT2D eigenvalue weighted by Gasteiger charge is 2.46. The molecule has 2 N–H and O–H groups in total. The van der Waals surface area contributed by atoms with Gasteiger partial charge in [-0.25, -0.2) is 4.98 Å². The summed E-state index contributed by atoms with van der Waals surface area (Å²) in [7, 11) is 0. The Hall–Kier alpha value is -3.24. The van der Waals surface area contributed by atoms with E-state index in [1.54, 1.807) is 22.3 Å². The highest BCUT2D eigenvalue weighted by molar-refractivity contribution is 7.13. The lowest BCUT2D eigenvalue weighted by Gasteiger charge is -2.30. The second-order valence-electron chi connectivity index (χ2n) is 10.1. The first-order chi connectivity index (χ1) is 17.2. The van der Waals surface area contributed by atoms with Crippen molar-refractivity contribution < 1.29 is 19.3 Å². The number of β-amino-alcohol motifs (C(OH)–C–C–N with tert-alkyl or cyclic N) is 1. The maximum Gasteiger partial charge on any atom is 0.234 e. The number of rotatable bonds is 6. The largest absolute Gasteiger partial charge is 0.391 e. The lowest BCUT2D eigenvalue weighted by atomic mass is 9.91. The molecule has 1 amide bonds. The van der Waals surface area contributed by atoms with Crippen LogP contribution in [0.1, 0.15) is 55.8 Å². The second kappa shape index (κ2) is 9.33. The predicted molar refractivity (Wildman–Crippen MR) is 136 cm³/mol. The van der Waals surface area contributed by atoms with Gasteiger partial charge in [-0.3, -0.25) is 4.79 Å². The second-order valence-corrected chi connectivity index (χ2v) is 10.9. The lowest BCUT2D eigenvalue weighted by molar-refractivity contribution is -0.134. The molecular formula is C26H31N5O4S.